The van der Waals surface area contributed by atoms with Gasteiger partial charge in [-0.1, -0.05) is 51.1 Å². The fraction of sp³-hybridized carbons (Fsp3) is 0.758. The van der Waals surface area contributed by atoms with Crippen LogP contribution >= 0.6 is 0 Å². The minimum Gasteiger partial charge on any atom is -0.391 e. The zero-order chi connectivity index (χ0) is 27.3. The summed E-state index contributed by atoms with van der Waals surface area (Å²) in [4.78, 5) is 0.264. The van der Waals surface area contributed by atoms with Crippen molar-refractivity contribution in [3.05, 3.63) is 42.5 Å². The lowest BCUT2D eigenvalue weighted by molar-refractivity contribution is -0.162. The Labute approximate surface area is 230 Å². The number of fused-ring (bicyclic) bond motifs is 4. The van der Waals surface area contributed by atoms with Crippen LogP contribution in [0.25, 0.3) is 0 Å². The summed E-state index contributed by atoms with van der Waals surface area (Å²) in [5.41, 5.74) is 1.47. The molecule has 0 amide bonds. The van der Waals surface area contributed by atoms with Gasteiger partial charge in [-0.2, -0.15) is 0 Å². The average Bonchev–Trinajstić information content (AvgIpc) is 3.39. The zero-order valence-corrected chi connectivity index (χ0v) is 24.8. The van der Waals surface area contributed by atoms with Gasteiger partial charge >= 0.3 is 0 Å². The van der Waals surface area contributed by atoms with Gasteiger partial charge in [-0.25, -0.2) is 8.42 Å². The van der Waals surface area contributed by atoms with Crippen LogP contribution in [0, 0.1) is 51.8 Å². The number of ether oxygens (including phenoxy) is 1. The molecule has 2 unspecified atom stereocenters. The van der Waals surface area contributed by atoms with Crippen molar-refractivity contribution in [1.29, 1.82) is 0 Å². The summed E-state index contributed by atoms with van der Waals surface area (Å²) in [5.74, 6) is 3.14. The van der Waals surface area contributed by atoms with Crippen LogP contribution in [0.1, 0.15) is 79.1 Å². The maximum absolute atomic E-state index is 13.7. The Kier molecular flexibility index (Phi) is 6.34. The van der Waals surface area contributed by atoms with Crippen LogP contribution < -0.4 is 0 Å². The van der Waals surface area contributed by atoms with Crippen LogP contribution in [-0.4, -0.2) is 38.1 Å². The molecule has 0 heterocycles. The van der Waals surface area contributed by atoms with E-state index in [1.165, 1.54) is 44.9 Å². The molecular weight excluding hydrogens is 492 g/mol. The van der Waals surface area contributed by atoms with E-state index in [0.717, 1.165) is 18.3 Å². The predicted octanol–water partition coefficient (Wildman–Crippen LogP) is 6.69. The van der Waals surface area contributed by atoms with Gasteiger partial charge in [-0.05, 0) is 117 Å². The Morgan fingerprint density at radius 2 is 1.79 bits per heavy atom. The standard InChI is InChI=1S/C33H48O4S/c1-20(2)30(38(35,36)23-10-8-7-9-11-23)29(34)21(3)25-12-13-26-24-18-28(37-6)33-19-22(33)14-17-32(33,5)27(24)15-16-31(25,26)4/h7-11,21-22,24-30,34H,1,12-19H2,2-6H3/t21-,22+,24-,25?,26-,27-,28+,29+,30?,31+,32+,33-/m0/s1. The number of methoxy groups -OCH3 is 1. The maximum Gasteiger partial charge on any atom is 0.187 e. The van der Waals surface area contributed by atoms with Gasteiger partial charge in [0.05, 0.1) is 17.1 Å². The number of rotatable bonds is 7. The fourth-order valence-corrected chi connectivity index (χ4v) is 13.5. The van der Waals surface area contributed by atoms with E-state index < -0.39 is 21.2 Å². The van der Waals surface area contributed by atoms with E-state index in [1.54, 1.807) is 31.2 Å². The molecule has 1 N–H and O–H groups in total. The highest BCUT2D eigenvalue weighted by Gasteiger charge is 2.77. The van der Waals surface area contributed by atoms with Crippen molar-refractivity contribution >= 4 is 9.84 Å². The molecule has 5 aliphatic rings. The van der Waals surface area contributed by atoms with E-state index in [2.05, 4.69) is 27.4 Å². The number of sulfone groups is 1. The van der Waals surface area contributed by atoms with E-state index in [9.17, 15) is 13.5 Å². The van der Waals surface area contributed by atoms with Gasteiger partial charge in [0.15, 0.2) is 9.84 Å². The highest BCUT2D eigenvalue weighted by atomic mass is 32.2. The molecule has 0 bridgehead atoms. The molecule has 5 saturated carbocycles. The van der Waals surface area contributed by atoms with E-state index >= 15 is 0 Å². The molecule has 1 spiro atoms. The summed E-state index contributed by atoms with van der Waals surface area (Å²) in [6.45, 7) is 13.0. The Hall–Kier alpha value is -1.17. The van der Waals surface area contributed by atoms with Crippen molar-refractivity contribution in [3.63, 3.8) is 0 Å². The van der Waals surface area contributed by atoms with Gasteiger partial charge in [0.25, 0.3) is 0 Å². The molecule has 0 radical (unpaired) electrons. The molecule has 5 aliphatic carbocycles. The lowest BCUT2D eigenvalue weighted by Gasteiger charge is -2.61. The van der Waals surface area contributed by atoms with Gasteiger partial charge in [-0.3, -0.25) is 0 Å². The SMILES string of the molecule is C=C(C)C([C@H](O)[C@@H](C)C1CC[C@H]2[C@@H]3C[C@@H](OC)[C@]45C[C@H]4CC[C@]5(C)[C@H]3CC[C@]12C)S(=O)(=O)c1ccccc1. The summed E-state index contributed by atoms with van der Waals surface area (Å²) in [6.07, 6.45) is 9.42. The normalized spacial score (nSPS) is 45.7. The van der Waals surface area contributed by atoms with Crippen molar-refractivity contribution in [1.82, 2.24) is 0 Å². The van der Waals surface area contributed by atoms with Crippen LogP contribution in [0.15, 0.2) is 47.4 Å². The Morgan fingerprint density at radius 3 is 2.42 bits per heavy atom. The molecule has 0 saturated heterocycles. The first-order valence-corrected chi connectivity index (χ1v) is 16.6. The Balaban J connectivity index is 1.27. The topological polar surface area (TPSA) is 63.6 Å². The molecule has 4 nitrogen and oxygen atoms in total. The maximum atomic E-state index is 13.7. The van der Waals surface area contributed by atoms with E-state index in [0.29, 0.717) is 40.3 Å². The van der Waals surface area contributed by atoms with Crippen molar-refractivity contribution in [2.75, 3.05) is 7.11 Å². The number of hydrogen-bond acceptors (Lipinski definition) is 4. The second-order valence-electron chi connectivity index (χ2n) is 14.4. The molecule has 12 atom stereocenters. The van der Waals surface area contributed by atoms with Crippen LogP contribution in [0.3, 0.4) is 0 Å². The third-order valence-corrected chi connectivity index (χ3v) is 15.6. The third kappa shape index (κ3) is 3.43. The first kappa shape index (κ1) is 27.0. The van der Waals surface area contributed by atoms with Gasteiger partial charge in [0.2, 0.25) is 0 Å². The molecule has 38 heavy (non-hydrogen) atoms. The average molecular weight is 541 g/mol. The highest BCUT2D eigenvalue weighted by Crippen LogP contribution is 2.82. The molecule has 5 fully saturated rings. The van der Waals surface area contributed by atoms with Gasteiger partial charge in [-0.15, -0.1) is 0 Å². The summed E-state index contributed by atoms with van der Waals surface area (Å²) in [5, 5.41) is 10.8. The van der Waals surface area contributed by atoms with Crippen LogP contribution in [0.2, 0.25) is 0 Å². The summed E-state index contributed by atoms with van der Waals surface area (Å²) in [7, 11) is -1.80. The molecule has 0 aromatic heterocycles. The molecule has 6 rings (SSSR count). The molecule has 0 aliphatic heterocycles. The monoisotopic (exact) mass is 540 g/mol. The summed E-state index contributed by atoms with van der Waals surface area (Å²) < 4.78 is 33.7. The minimum atomic E-state index is -3.74. The van der Waals surface area contributed by atoms with Crippen LogP contribution in [0.5, 0.6) is 0 Å². The van der Waals surface area contributed by atoms with Crippen LogP contribution in [0.4, 0.5) is 0 Å². The van der Waals surface area contributed by atoms with Gasteiger partial charge in [0, 0.05) is 12.5 Å². The fourth-order valence-electron chi connectivity index (χ4n) is 11.5. The smallest absolute Gasteiger partial charge is 0.187 e. The first-order valence-electron chi connectivity index (χ1n) is 15.1. The van der Waals surface area contributed by atoms with Crippen LogP contribution in [-0.2, 0) is 14.6 Å². The zero-order valence-electron chi connectivity index (χ0n) is 24.0. The Bertz CT molecular complexity index is 1190. The number of aliphatic hydroxyl groups excluding tert-OH is 1. The predicted molar refractivity (Wildman–Crippen MR) is 151 cm³/mol. The largest absolute Gasteiger partial charge is 0.391 e. The lowest BCUT2D eigenvalue weighted by atomic mass is 9.45. The quantitative estimate of drug-likeness (QED) is 0.392. The number of aliphatic hydroxyl groups is 1. The van der Waals surface area contributed by atoms with Gasteiger partial charge in [0.1, 0.15) is 5.25 Å². The molecule has 5 heteroatoms. The Morgan fingerprint density at radius 1 is 1.08 bits per heavy atom. The van der Waals surface area contributed by atoms with E-state index in [4.69, 9.17) is 4.74 Å². The van der Waals surface area contributed by atoms with Crippen molar-refractivity contribution in [3.8, 4) is 0 Å². The number of hydrogen-bond donors (Lipinski definition) is 1. The van der Waals surface area contributed by atoms with Gasteiger partial charge < -0.3 is 9.84 Å². The lowest BCUT2D eigenvalue weighted by Crippen LogP contribution is -2.57. The molecular formula is C33H48O4S. The van der Waals surface area contributed by atoms with Crippen molar-refractivity contribution in [2.45, 2.75) is 101 Å². The highest BCUT2D eigenvalue weighted by molar-refractivity contribution is 7.92. The van der Waals surface area contributed by atoms with E-state index in [1.807, 2.05) is 13.2 Å². The molecule has 1 aromatic rings. The summed E-state index contributed by atoms with van der Waals surface area (Å²) >= 11 is 0. The van der Waals surface area contributed by atoms with Crippen molar-refractivity contribution < 1.29 is 18.3 Å². The molecule has 210 valence electrons. The van der Waals surface area contributed by atoms with E-state index in [-0.39, 0.29) is 16.2 Å². The number of benzene rings is 1. The first-order chi connectivity index (χ1) is 17.9. The summed E-state index contributed by atoms with van der Waals surface area (Å²) in [6, 6.07) is 8.57. The van der Waals surface area contributed by atoms with Crippen molar-refractivity contribution in [2.24, 2.45) is 51.8 Å². The second kappa shape index (κ2) is 8.91. The third-order valence-electron chi connectivity index (χ3n) is 13.3. The minimum absolute atomic E-state index is 0.121. The molecule has 1 aromatic carbocycles. The second-order valence-corrected chi connectivity index (χ2v) is 16.5.